The van der Waals surface area contributed by atoms with Crippen LogP contribution in [0.5, 0.6) is 11.5 Å². The van der Waals surface area contributed by atoms with E-state index in [1.54, 1.807) is 24.3 Å². The van der Waals surface area contributed by atoms with Gasteiger partial charge in [0.15, 0.2) is 5.75 Å². The molecule has 0 aromatic heterocycles. The van der Waals surface area contributed by atoms with Crippen LogP contribution >= 0.6 is 0 Å². The molecule has 3 rings (SSSR count). The van der Waals surface area contributed by atoms with Crippen molar-refractivity contribution in [2.75, 3.05) is 11.9 Å². The average Bonchev–Trinajstić information content (AvgIpc) is 2.80. The van der Waals surface area contributed by atoms with Gasteiger partial charge >= 0.3 is 5.97 Å². The molecule has 0 aliphatic rings. The van der Waals surface area contributed by atoms with Gasteiger partial charge in [-0.05, 0) is 36.2 Å². The van der Waals surface area contributed by atoms with Crippen molar-refractivity contribution in [1.29, 1.82) is 4.78 Å². The van der Waals surface area contributed by atoms with Crippen molar-refractivity contribution in [2.45, 2.75) is 31.2 Å². The van der Waals surface area contributed by atoms with Crippen molar-refractivity contribution in [3.8, 4) is 11.5 Å². The predicted octanol–water partition coefficient (Wildman–Crippen LogP) is 5.50. The summed E-state index contributed by atoms with van der Waals surface area (Å²) in [6.45, 7) is 2.82. The molecular weight excluding hydrogens is 426 g/mol. The Morgan fingerprint density at radius 2 is 1.72 bits per heavy atom. The van der Waals surface area contributed by atoms with Crippen LogP contribution in [0.2, 0.25) is 0 Å². The summed E-state index contributed by atoms with van der Waals surface area (Å²) in [5, 5.41) is 12.8. The smallest absolute Gasteiger partial charge is 0.335 e. The van der Waals surface area contributed by atoms with Gasteiger partial charge in [0.2, 0.25) is 0 Å². The van der Waals surface area contributed by atoms with Crippen LogP contribution in [0.1, 0.15) is 35.7 Å². The van der Waals surface area contributed by atoms with Crippen molar-refractivity contribution in [1.82, 2.24) is 4.72 Å². The van der Waals surface area contributed by atoms with E-state index in [9.17, 15) is 14.1 Å². The molecule has 168 valence electrons. The average molecular weight is 454 g/mol. The number of para-hydroxylation sites is 1. The van der Waals surface area contributed by atoms with Crippen LogP contribution in [0.25, 0.3) is 0 Å². The number of hydrogen-bond donors (Lipinski definition) is 4. The third kappa shape index (κ3) is 6.09. The number of nitrogens with one attached hydrogen (secondary N) is 3. The summed E-state index contributed by atoms with van der Waals surface area (Å²) in [6, 6.07) is 20.9. The summed E-state index contributed by atoms with van der Waals surface area (Å²) in [5.74, 6) is -0.499. The molecule has 0 aliphatic carbocycles. The molecule has 7 nitrogen and oxygen atoms in total. The van der Waals surface area contributed by atoms with Gasteiger partial charge in [-0.2, -0.15) is 0 Å². The molecule has 0 heterocycles. The molecule has 8 heteroatoms. The Bertz CT molecular complexity index is 1150. The Labute approximate surface area is 188 Å². The van der Waals surface area contributed by atoms with E-state index in [2.05, 4.69) is 10.0 Å². The van der Waals surface area contributed by atoms with E-state index >= 15 is 0 Å². The SMILES string of the molecule is CCCCNc1cc(C(=O)O)cc(S(=N)(=O)NCc2ccccc2)c1Oc1ccccc1. The van der Waals surface area contributed by atoms with Crippen LogP contribution in [-0.4, -0.2) is 21.8 Å². The highest BCUT2D eigenvalue weighted by Gasteiger charge is 2.23. The monoisotopic (exact) mass is 453 g/mol. The first-order valence-electron chi connectivity index (χ1n) is 10.4. The van der Waals surface area contributed by atoms with Gasteiger partial charge in [-0.25, -0.2) is 18.5 Å². The fourth-order valence-corrected chi connectivity index (χ4v) is 4.27. The number of carboxylic acid groups (broad SMARTS) is 1. The van der Waals surface area contributed by atoms with Gasteiger partial charge in [-0.1, -0.05) is 61.9 Å². The molecule has 0 fully saturated rings. The Kier molecular flexibility index (Phi) is 7.86. The molecule has 0 amide bonds. The number of hydrogen-bond acceptors (Lipinski definition) is 5. The molecule has 0 saturated heterocycles. The number of benzene rings is 3. The summed E-state index contributed by atoms with van der Waals surface area (Å²) in [6.07, 6.45) is 1.81. The molecule has 3 aromatic rings. The molecular formula is C24H27N3O4S. The lowest BCUT2D eigenvalue weighted by Crippen LogP contribution is -2.23. The van der Waals surface area contributed by atoms with Crippen LogP contribution in [-0.2, 0) is 16.5 Å². The maximum Gasteiger partial charge on any atom is 0.335 e. The zero-order valence-corrected chi connectivity index (χ0v) is 18.7. The number of rotatable bonds is 11. The molecule has 3 aromatic carbocycles. The summed E-state index contributed by atoms with van der Waals surface area (Å²) >= 11 is 0. The van der Waals surface area contributed by atoms with E-state index in [0.29, 0.717) is 18.0 Å². The number of aromatic carboxylic acids is 1. The van der Waals surface area contributed by atoms with E-state index in [1.165, 1.54) is 12.1 Å². The number of carboxylic acids is 1. The standard InChI is InChI=1S/C24H27N3O4S/c1-2-3-14-26-21-15-19(24(28)29)16-22(23(21)31-20-12-8-5-9-13-20)32(25,30)27-17-18-10-6-4-7-11-18/h4-13,15-16,26H,2-3,14,17H2,1H3,(H,28,29)(H2,25,27,30). The highest BCUT2D eigenvalue weighted by molar-refractivity contribution is 7.90. The molecule has 0 radical (unpaired) electrons. The number of ether oxygens (including phenoxy) is 1. The highest BCUT2D eigenvalue weighted by atomic mass is 32.2. The lowest BCUT2D eigenvalue weighted by molar-refractivity contribution is 0.0696. The van der Waals surface area contributed by atoms with Gasteiger partial charge in [-0.3, -0.25) is 0 Å². The van der Waals surface area contributed by atoms with E-state index in [0.717, 1.165) is 18.4 Å². The Balaban J connectivity index is 2.06. The minimum absolute atomic E-state index is 0.0174. The first kappa shape index (κ1) is 23.3. The van der Waals surface area contributed by atoms with E-state index < -0.39 is 15.9 Å². The van der Waals surface area contributed by atoms with E-state index in [1.807, 2.05) is 43.3 Å². The zero-order chi connectivity index (χ0) is 23.0. The second kappa shape index (κ2) is 10.8. The first-order chi connectivity index (χ1) is 15.4. The van der Waals surface area contributed by atoms with E-state index in [-0.39, 0.29) is 22.8 Å². The molecule has 1 unspecified atom stereocenters. The van der Waals surface area contributed by atoms with Crippen LogP contribution in [0, 0.1) is 4.78 Å². The van der Waals surface area contributed by atoms with Crippen LogP contribution < -0.4 is 14.8 Å². The maximum absolute atomic E-state index is 13.5. The fraction of sp³-hybridized carbons (Fsp3) is 0.208. The number of unbranched alkanes of at least 4 members (excludes halogenated alkanes) is 1. The third-order valence-electron chi connectivity index (χ3n) is 4.74. The topological polar surface area (TPSA) is 112 Å². The Morgan fingerprint density at radius 1 is 1.06 bits per heavy atom. The predicted molar refractivity (Wildman–Crippen MR) is 126 cm³/mol. The second-order valence-corrected chi connectivity index (χ2v) is 9.06. The van der Waals surface area contributed by atoms with Crippen LogP contribution in [0.15, 0.2) is 77.7 Å². The van der Waals surface area contributed by atoms with Gasteiger partial charge in [-0.15, -0.1) is 0 Å². The van der Waals surface area contributed by atoms with Crippen molar-refractivity contribution in [3.63, 3.8) is 0 Å². The van der Waals surface area contributed by atoms with Crippen molar-refractivity contribution < 1.29 is 18.8 Å². The summed E-state index contributed by atoms with van der Waals surface area (Å²) in [4.78, 5) is 11.8. The fourth-order valence-electron chi connectivity index (χ4n) is 3.04. The summed E-state index contributed by atoms with van der Waals surface area (Å²) in [7, 11) is -3.60. The molecule has 0 saturated carbocycles. The normalized spacial score (nSPS) is 12.7. The van der Waals surface area contributed by atoms with Crippen molar-refractivity contribution in [2.24, 2.45) is 0 Å². The lowest BCUT2D eigenvalue weighted by Gasteiger charge is -2.20. The summed E-state index contributed by atoms with van der Waals surface area (Å²) in [5.41, 5.74) is 1.17. The van der Waals surface area contributed by atoms with Crippen molar-refractivity contribution >= 4 is 21.6 Å². The first-order valence-corrected chi connectivity index (χ1v) is 11.9. The lowest BCUT2D eigenvalue weighted by atomic mass is 10.1. The molecule has 4 N–H and O–H groups in total. The number of carbonyl (C=O) groups is 1. The van der Waals surface area contributed by atoms with Gasteiger partial charge in [0, 0.05) is 13.1 Å². The second-order valence-electron chi connectivity index (χ2n) is 7.21. The third-order valence-corrected chi connectivity index (χ3v) is 6.22. The minimum Gasteiger partial charge on any atom is -0.478 e. The molecule has 0 aliphatic heterocycles. The van der Waals surface area contributed by atoms with Crippen molar-refractivity contribution in [3.05, 3.63) is 83.9 Å². The quantitative estimate of drug-likeness (QED) is 0.287. The van der Waals surface area contributed by atoms with Gasteiger partial charge in [0.1, 0.15) is 20.6 Å². The summed E-state index contributed by atoms with van der Waals surface area (Å²) < 4.78 is 30.9. The molecule has 0 spiro atoms. The molecule has 0 bridgehead atoms. The van der Waals surface area contributed by atoms with Gasteiger partial charge < -0.3 is 15.2 Å². The minimum atomic E-state index is -3.60. The highest BCUT2D eigenvalue weighted by Crippen LogP contribution is 2.38. The van der Waals surface area contributed by atoms with Crippen LogP contribution in [0.4, 0.5) is 5.69 Å². The molecule has 1 atom stereocenters. The van der Waals surface area contributed by atoms with Gasteiger partial charge in [0.05, 0.1) is 11.3 Å². The van der Waals surface area contributed by atoms with E-state index in [4.69, 9.17) is 9.52 Å². The Hall–Kier alpha value is -3.36. The zero-order valence-electron chi connectivity index (χ0n) is 17.8. The van der Waals surface area contributed by atoms with Crippen LogP contribution in [0.3, 0.4) is 0 Å². The van der Waals surface area contributed by atoms with Gasteiger partial charge in [0.25, 0.3) is 0 Å². The largest absolute Gasteiger partial charge is 0.478 e. The maximum atomic E-state index is 13.5. The number of anilines is 1. The molecule has 32 heavy (non-hydrogen) atoms. The Morgan fingerprint density at radius 3 is 2.34 bits per heavy atom.